The second-order valence-electron chi connectivity index (χ2n) is 3.91. The molecule has 4 heteroatoms. The van der Waals surface area contributed by atoms with Crippen molar-refractivity contribution in [2.24, 2.45) is 5.92 Å². The molecule has 1 saturated carbocycles. The number of nitrogens with one attached hydrogen (secondary N) is 2. The van der Waals surface area contributed by atoms with Gasteiger partial charge in [0.25, 0.3) is 0 Å². The first-order valence-corrected chi connectivity index (χ1v) is 6.07. The van der Waals surface area contributed by atoms with E-state index in [0.29, 0.717) is 6.04 Å². The Kier molecular flexibility index (Phi) is 3.03. The van der Waals surface area contributed by atoms with Gasteiger partial charge in [-0.2, -0.15) is 0 Å². The predicted octanol–water partition coefficient (Wildman–Crippen LogP) is 1.71. The molecule has 0 aromatic carbocycles. The molecule has 1 aromatic rings. The summed E-state index contributed by atoms with van der Waals surface area (Å²) in [5, 5.41) is 5.40. The minimum absolute atomic E-state index is 0.0428. The lowest BCUT2D eigenvalue weighted by Crippen LogP contribution is -2.30. The third-order valence-corrected chi connectivity index (χ3v) is 3.47. The van der Waals surface area contributed by atoms with Gasteiger partial charge in [-0.1, -0.05) is 18.3 Å². The first-order valence-electron chi connectivity index (χ1n) is 5.19. The van der Waals surface area contributed by atoms with Gasteiger partial charge >= 0.3 is 4.87 Å². The van der Waals surface area contributed by atoms with Crippen LogP contribution in [-0.2, 0) is 6.54 Å². The molecule has 2 N–H and O–H groups in total. The highest BCUT2D eigenvalue weighted by molar-refractivity contribution is 7.07. The van der Waals surface area contributed by atoms with Gasteiger partial charge in [-0.05, 0) is 25.2 Å². The number of aromatic nitrogens is 1. The minimum Gasteiger partial charge on any atom is -0.315 e. The Morgan fingerprint density at radius 2 is 2.50 bits per heavy atom. The van der Waals surface area contributed by atoms with Crippen LogP contribution in [-0.4, -0.2) is 11.0 Å². The summed E-state index contributed by atoms with van der Waals surface area (Å²) in [7, 11) is 0. The topological polar surface area (TPSA) is 44.9 Å². The van der Waals surface area contributed by atoms with Crippen molar-refractivity contribution in [1.82, 2.24) is 10.3 Å². The molecule has 2 rings (SSSR count). The average Bonchev–Trinajstić information content (AvgIpc) is 2.92. The van der Waals surface area contributed by atoms with Crippen molar-refractivity contribution in [3.8, 4) is 0 Å². The van der Waals surface area contributed by atoms with E-state index in [-0.39, 0.29) is 4.87 Å². The van der Waals surface area contributed by atoms with Crippen LogP contribution in [0.4, 0.5) is 0 Å². The van der Waals surface area contributed by atoms with E-state index in [0.717, 1.165) is 18.2 Å². The Hall–Kier alpha value is -0.610. The quantitative estimate of drug-likeness (QED) is 0.780. The molecule has 0 radical (unpaired) electrons. The van der Waals surface area contributed by atoms with Gasteiger partial charge in [-0.25, -0.2) is 0 Å². The molecule has 14 heavy (non-hydrogen) atoms. The Bertz CT molecular complexity index is 340. The molecule has 0 amide bonds. The second kappa shape index (κ2) is 4.28. The molecular formula is C10H16N2OS. The van der Waals surface area contributed by atoms with Gasteiger partial charge in [0.2, 0.25) is 0 Å². The zero-order valence-electron chi connectivity index (χ0n) is 8.38. The van der Waals surface area contributed by atoms with Crippen LogP contribution >= 0.6 is 11.3 Å². The smallest absolute Gasteiger partial charge is 0.304 e. The molecule has 0 aliphatic heterocycles. The largest absolute Gasteiger partial charge is 0.315 e. The SMILES string of the molecule is CCC(NCc1csc(=O)[nH]1)C1CC1. The predicted molar refractivity (Wildman–Crippen MR) is 58.6 cm³/mol. The Labute approximate surface area is 87.6 Å². The van der Waals surface area contributed by atoms with Crippen LogP contribution in [0.1, 0.15) is 31.9 Å². The van der Waals surface area contributed by atoms with E-state index in [1.54, 1.807) is 0 Å². The molecule has 1 atom stereocenters. The van der Waals surface area contributed by atoms with Crippen LogP contribution in [0.2, 0.25) is 0 Å². The zero-order chi connectivity index (χ0) is 9.97. The van der Waals surface area contributed by atoms with Crippen LogP contribution in [0.25, 0.3) is 0 Å². The summed E-state index contributed by atoms with van der Waals surface area (Å²) in [5.74, 6) is 0.880. The molecule has 0 bridgehead atoms. The molecule has 1 aliphatic rings. The van der Waals surface area contributed by atoms with Crippen LogP contribution in [0, 0.1) is 5.92 Å². The standard InChI is InChI=1S/C10H16N2OS/c1-2-9(7-3-4-7)11-5-8-6-14-10(13)12-8/h6-7,9,11H,2-5H2,1H3,(H,12,13). The first-order chi connectivity index (χ1) is 6.79. The minimum atomic E-state index is 0.0428. The molecule has 3 nitrogen and oxygen atoms in total. The average molecular weight is 212 g/mol. The maximum Gasteiger partial charge on any atom is 0.304 e. The van der Waals surface area contributed by atoms with Gasteiger partial charge in [0.1, 0.15) is 0 Å². The van der Waals surface area contributed by atoms with Gasteiger partial charge in [-0.15, -0.1) is 0 Å². The highest BCUT2D eigenvalue weighted by Gasteiger charge is 2.29. The summed E-state index contributed by atoms with van der Waals surface area (Å²) in [6.07, 6.45) is 3.91. The number of thiazole rings is 1. The fourth-order valence-electron chi connectivity index (χ4n) is 1.78. The van der Waals surface area contributed by atoms with E-state index in [9.17, 15) is 4.79 Å². The van der Waals surface area contributed by atoms with Crippen molar-refractivity contribution in [3.05, 3.63) is 20.7 Å². The highest BCUT2D eigenvalue weighted by Crippen LogP contribution is 2.33. The van der Waals surface area contributed by atoms with Crippen LogP contribution in [0.3, 0.4) is 0 Å². The Morgan fingerprint density at radius 3 is 3.00 bits per heavy atom. The summed E-state index contributed by atoms with van der Waals surface area (Å²) < 4.78 is 0. The number of hydrogen-bond acceptors (Lipinski definition) is 3. The maximum absolute atomic E-state index is 10.9. The molecule has 1 fully saturated rings. The summed E-state index contributed by atoms with van der Waals surface area (Å²) in [6, 6.07) is 0.637. The third kappa shape index (κ3) is 2.45. The van der Waals surface area contributed by atoms with E-state index >= 15 is 0 Å². The molecular weight excluding hydrogens is 196 g/mol. The number of rotatable bonds is 5. The summed E-state index contributed by atoms with van der Waals surface area (Å²) >= 11 is 1.24. The molecule has 1 heterocycles. The van der Waals surface area contributed by atoms with Crippen molar-refractivity contribution in [2.75, 3.05) is 0 Å². The second-order valence-corrected chi connectivity index (χ2v) is 4.75. The molecule has 1 unspecified atom stereocenters. The molecule has 1 aromatic heterocycles. The summed E-state index contributed by atoms with van der Waals surface area (Å²) in [5.41, 5.74) is 1.01. The maximum atomic E-state index is 10.9. The third-order valence-electron chi connectivity index (χ3n) is 2.76. The van der Waals surface area contributed by atoms with Gasteiger partial charge in [0, 0.05) is 23.7 Å². The molecule has 1 aliphatic carbocycles. The van der Waals surface area contributed by atoms with Gasteiger partial charge in [0.05, 0.1) is 0 Å². The fraction of sp³-hybridized carbons (Fsp3) is 0.700. The van der Waals surface area contributed by atoms with Gasteiger partial charge in [-0.3, -0.25) is 4.79 Å². The first kappa shape index (κ1) is 9.93. The molecule has 0 saturated heterocycles. The van der Waals surface area contributed by atoms with E-state index in [4.69, 9.17) is 0 Å². The Balaban J connectivity index is 1.83. The van der Waals surface area contributed by atoms with Gasteiger partial charge in [0.15, 0.2) is 0 Å². The van der Waals surface area contributed by atoms with Crippen LogP contribution in [0.15, 0.2) is 10.2 Å². The van der Waals surface area contributed by atoms with Crippen LogP contribution < -0.4 is 10.2 Å². The summed E-state index contributed by atoms with van der Waals surface area (Å²) in [4.78, 5) is 13.7. The van der Waals surface area contributed by atoms with E-state index in [2.05, 4.69) is 17.2 Å². The van der Waals surface area contributed by atoms with Crippen molar-refractivity contribution < 1.29 is 0 Å². The lowest BCUT2D eigenvalue weighted by Gasteiger charge is -2.14. The highest BCUT2D eigenvalue weighted by atomic mass is 32.1. The monoisotopic (exact) mass is 212 g/mol. The molecule has 0 spiro atoms. The van der Waals surface area contributed by atoms with Crippen molar-refractivity contribution in [3.63, 3.8) is 0 Å². The normalized spacial score (nSPS) is 18.4. The van der Waals surface area contributed by atoms with E-state index in [1.165, 1.54) is 30.6 Å². The fourth-order valence-corrected chi connectivity index (χ4v) is 2.37. The lowest BCUT2D eigenvalue weighted by molar-refractivity contribution is 0.446. The lowest BCUT2D eigenvalue weighted by atomic mass is 10.1. The van der Waals surface area contributed by atoms with E-state index < -0.39 is 0 Å². The number of aromatic amines is 1. The van der Waals surface area contributed by atoms with Crippen molar-refractivity contribution in [2.45, 2.75) is 38.8 Å². The van der Waals surface area contributed by atoms with Crippen LogP contribution in [0.5, 0.6) is 0 Å². The molecule has 78 valence electrons. The van der Waals surface area contributed by atoms with Crippen molar-refractivity contribution in [1.29, 1.82) is 0 Å². The number of H-pyrrole nitrogens is 1. The van der Waals surface area contributed by atoms with E-state index in [1.807, 2.05) is 5.38 Å². The number of hydrogen-bond donors (Lipinski definition) is 2. The summed E-state index contributed by atoms with van der Waals surface area (Å²) in [6.45, 7) is 3.01. The Morgan fingerprint density at radius 1 is 1.71 bits per heavy atom. The van der Waals surface area contributed by atoms with Crippen molar-refractivity contribution >= 4 is 11.3 Å². The zero-order valence-corrected chi connectivity index (χ0v) is 9.19. The van der Waals surface area contributed by atoms with Gasteiger partial charge < -0.3 is 10.3 Å².